The first-order chi connectivity index (χ1) is 8.09. The number of carbonyl (C=O) groups is 1. The molecule has 0 radical (unpaired) electrons. The van der Waals surface area contributed by atoms with Gasteiger partial charge in [-0.25, -0.2) is 0 Å². The highest BCUT2D eigenvalue weighted by Crippen LogP contribution is 2.47. The summed E-state index contributed by atoms with van der Waals surface area (Å²) in [7, 11) is 0. The van der Waals surface area contributed by atoms with Crippen LogP contribution in [-0.2, 0) is 9.53 Å². The largest absolute Gasteiger partial charge is 0.461 e. The Kier molecular flexibility index (Phi) is 2.29. The van der Waals surface area contributed by atoms with Gasteiger partial charge in [-0.15, -0.1) is 0 Å². The van der Waals surface area contributed by atoms with Gasteiger partial charge in [0, 0.05) is 11.8 Å². The molecular weight excluding hydrogens is 212 g/mol. The fourth-order valence-electron chi connectivity index (χ4n) is 3.44. The van der Waals surface area contributed by atoms with Crippen molar-refractivity contribution in [3.63, 3.8) is 0 Å². The van der Waals surface area contributed by atoms with Gasteiger partial charge >= 0.3 is 5.97 Å². The Morgan fingerprint density at radius 3 is 2.94 bits per heavy atom. The van der Waals surface area contributed by atoms with Crippen LogP contribution in [-0.4, -0.2) is 12.1 Å². The summed E-state index contributed by atoms with van der Waals surface area (Å²) in [5.74, 6) is 0.590. The maximum absolute atomic E-state index is 11.7. The van der Waals surface area contributed by atoms with Gasteiger partial charge in [-0.05, 0) is 30.9 Å². The fourth-order valence-corrected chi connectivity index (χ4v) is 3.44. The molecule has 0 bridgehead atoms. The molecule has 2 nitrogen and oxygen atoms in total. The monoisotopic (exact) mass is 230 g/mol. The van der Waals surface area contributed by atoms with Crippen LogP contribution in [0, 0.1) is 17.8 Å². The number of carbonyl (C=O) groups excluding carboxylic acids is 1. The third-order valence-electron chi connectivity index (χ3n) is 4.57. The number of ether oxygens (including phenoxy) is 1. The summed E-state index contributed by atoms with van der Waals surface area (Å²) in [6.07, 6.45) is 6.38. The molecule has 0 N–H and O–H groups in total. The second kappa shape index (κ2) is 3.59. The minimum atomic E-state index is -0.0291. The minimum Gasteiger partial charge on any atom is -0.461 e. The maximum Gasteiger partial charge on any atom is 0.309 e. The predicted molar refractivity (Wildman–Crippen MR) is 66.2 cm³/mol. The third-order valence-corrected chi connectivity index (χ3v) is 4.57. The summed E-state index contributed by atoms with van der Waals surface area (Å²) < 4.78 is 5.62. The molecule has 2 heteroatoms. The Balaban J connectivity index is 2.03. The minimum absolute atomic E-state index is 0.0208. The molecule has 1 fully saturated rings. The smallest absolute Gasteiger partial charge is 0.309 e. The summed E-state index contributed by atoms with van der Waals surface area (Å²) in [5, 5.41) is 0. The average Bonchev–Trinajstić information content (AvgIpc) is 2.75. The molecule has 0 aromatic carbocycles. The molecule has 3 aliphatic rings. The molecule has 90 valence electrons. The van der Waals surface area contributed by atoms with E-state index in [1.807, 2.05) is 6.92 Å². The lowest BCUT2D eigenvalue weighted by atomic mass is 9.81. The van der Waals surface area contributed by atoms with E-state index in [1.165, 1.54) is 11.1 Å². The number of rotatable bonds is 0. The lowest BCUT2D eigenvalue weighted by Gasteiger charge is -2.24. The van der Waals surface area contributed by atoms with Gasteiger partial charge in [-0.3, -0.25) is 4.79 Å². The molecule has 0 saturated carbocycles. The standard InChI is InChI=1S/C15H18O2/c1-8-4-7-12-10(3)15(16)17-14(12)13-9(2)5-6-11(8)13/h5-6,10,12-14H,2,4,7H2,1,3H3. The van der Waals surface area contributed by atoms with E-state index in [1.54, 1.807) is 0 Å². The van der Waals surface area contributed by atoms with Crippen LogP contribution in [0.15, 0.2) is 35.5 Å². The average molecular weight is 230 g/mol. The van der Waals surface area contributed by atoms with E-state index in [0.29, 0.717) is 5.92 Å². The summed E-state index contributed by atoms with van der Waals surface area (Å²) in [5.41, 5.74) is 3.87. The van der Waals surface area contributed by atoms with Crippen molar-refractivity contribution in [3.8, 4) is 0 Å². The molecule has 0 aromatic heterocycles. The molecule has 0 spiro atoms. The predicted octanol–water partition coefficient (Wildman–Crippen LogP) is 3.02. The van der Waals surface area contributed by atoms with Crippen molar-refractivity contribution in [2.24, 2.45) is 17.8 Å². The Labute approximate surface area is 102 Å². The van der Waals surface area contributed by atoms with Crippen molar-refractivity contribution >= 4 is 5.97 Å². The molecule has 3 rings (SSSR count). The first-order valence-electron chi connectivity index (χ1n) is 6.36. The molecular formula is C15H18O2. The van der Waals surface area contributed by atoms with Gasteiger partial charge in [0.1, 0.15) is 6.10 Å². The Bertz CT molecular complexity index is 456. The summed E-state index contributed by atoms with van der Waals surface area (Å²) in [6, 6.07) is 0. The number of allylic oxidation sites excluding steroid dienone is 3. The zero-order valence-electron chi connectivity index (χ0n) is 10.4. The second-order valence-corrected chi connectivity index (χ2v) is 5.51. The number of fused-ring (bicyclic) bond motifs is 3. The Morgan fingerprint density at radius 2 is 2.18 bits per heavy atom. The third kappa shape index (κ3) is 1.43. The van der Waals surface area contributed by atoms with Crippen molar-refractivity contribution in [2.45, 2.75) is 32.8 Å². The fraction of sp³-hybridized carbons (Fsp3) is 0.533. The van der Waals surface area contributed by atoms with Crippen LogP contribution in [0.1, 0.15) is 26.7 Å². The number of hydrogen-bond acceptors (Lipinski definition) is 2. The van der Waals surface area contributed by atoms with Crippen LogP contribution < -0.4 is 0 Å². The van der Waals surface area contributed by atoms with Crippen molar-refractivity contribution in [1.29, 1.82) is 0 Å². The lowest BCUT2D eigenvalue weighted by Crippen LogP contribution is -2.27. The van der Waals surface area contributed by atoms with Crippen molar-refractivity contribution in [3.05, 3.63) is 35.5 Å². The van der Waals surface area contributed by atoms with Gasteiger partial charge in [-0.1, -0.05) is 31.2 Å². The van der Waals surface area contributed by atoms with Crippen LogP contribution in [0.2, 0.25) is 0 Å². The highest BCUT2D eigenvalue weighted by atomic mass is 16.6. The zero-order valence-corrected chi connectivity index (χ0v) is 10.4. The molecule has 4 atom stereocenters. The van der Waals surface area contributed by atoms with Gasteiger partial charge in [0.25, 0.3) is 0 Å². The van der Waals surface area contributed by atoms with E-state index in [2.05, 4.69) is 25.7 Å². The molecule has 1 heterocycles. The first kappa shape index (κ1) is 10.8. The van der Waals surface area contributed by atoms with E-state index >= 15 is 0 Å². The Hall–Kier alpha value is -1.31. The molecule has 17 heavy (non-hydrogen) atoms. The number of esters is 1. The van der Waals surface area contributed by atoms with Crippen molar-refractivity contribution < 1.29 is 9.53 Å². The van der Waals surface area contributed by atoms with E-state index in [0.717, 1.165) is 18.4 Å². The summed E-state index contributed by atoms with van der Waals surface area (Å²) in [4.78, 5) is 11.7. The van der Waals surface area contributed by atoms with E-state index in [-0.39, 0.29) is 23.9 Å². The topological polar surface area (TPSA) is 26.3 Å². The molecule has 2 aliphatic carbocycles. The zero-order chi connectivity index (χ0) is 12.2. The molecule has 0 amide bonds. The normalized spacial score (nSPS) is 40.1. The SMILES string of the molecule is C=C1C=CC2=C(C)CCC3C(C)C(=O)OC3C12. The van der Waals surface area contributed by atoms with Crippen LogP contribution in [0.4, 0.5) is 0 Å². The molecule has 1 aliphatic heterocycles. The van der Waals surface area contributed by atoms with Gasteiger partial charge in [0.15, 0.2) is 0 Å². The van der Waals surface area contributed by atoms with Crippen LogP contribution in [0.25, 0.3) is 0 Å². The number of hydrogen-bond donors (Lipinski definition) is 0. The summed E-state index contributed by atoms with van der Waals surface area (Å²) in [6.45, 7) is 8.30. The van der Waals surface area contributed by atoms with Gasteiger partial charge < -0.3 is 4.74 Å². The van der Waals surface area contributed by atoms with E-state index < -0.39 is 0 Å². The highest BCUT2D eigenvalue weighted by Gasteiger charge is 2.48. The summed E-state index contributed by atoms with van der Waals surface area (Å²) >= 11 is 0. The van der Waals surface area contributed by atoms with Gasteiger partial charge in [-0.2, -0.15) is 0 Å². The highest BCUT2D eigenvalue weighted by molar-refractivity contribution is 5.75. The van der Waals surface area contributed by atoms with E-state index in [4.69, 9.17) is 4.74 Å². The van der Waals surface area contributed by atoms with Gasteiger partial charge in [0.05, 0.1) is 5.92 Å². The maximum atomic E-state index is 11.7. The molecule has 0 aromatic rings. The van der Waals surface area contributed by atoms with Crippen LogP contribution >= 0.6 is 0 Å². The van der Waals surface area contributed by atoms with Crippen LogP contribution in [0.3, 0.4) is 0 Å². The lowest BCUT2D eigenvalue weighted by molar-refractivity contribution is -0.144. The van der Waals surface area contributed by atoms with Gasteiger partial charge in [0.2, 0.25) is 0 Å². The molecule has 4 unspecified atom stereocenters. The van der Waals surface area contributed by atoms with E-state index in [9.17, 15) is 4.79 Å². The second-order valence-electron chi connectivity index (χ2n) is 5.51. The van der Waals surface area contributed by atoms with Crippen LogP contribution in [0.5, 0.6) is 0 Å². The Morgan fingerprint density at radius 1 is 1.41 bits per heavy atom. The first-order valence-corrected chi connectivity index (χ1v) is 6.36. The molecule has 1 saturated heterocycles. The van der Waals surface area contributed by atoms with Crippen molar-refractivity contribution in [2.75, 3.05) is 0 Å². The quantitative estimate of drug-likeness (QED) is 0.598. The van der Waals surface area contributed by atoms with Crippen molar-refractivity contribution in [1.82, 2.24) is 0 Å².